The monoisotopic (exact) mass is 273 g/mol. The van der Waals surface area contributed by atoms with Crippen LogP contribution in [0.15, 0.2) is 24.3 Å². The highest BCUT2D eigenvalue weighted by atomic mass is 35.5. The van der Waals surface area contributed by atoms with Gasteiger partial charge in [0.25, 0.3) is 0 Å². The number of alkyl halides is 1. The van der Waals surface area contributed by atoms with E-state index >= 15 is 0 Å². The summed E-state index contributed by atoms with van der Waals surface area (Å²) < 4.78 is 0. The molecule has 0 aromatic heterocycles. The highest BCUT2D eigenvalue weighted by Gasteiger charge is 2.18. The SMILES string of the molecule is CCN(Cc1cccc(Cl)c1)C(=O)C(C)CCl. The van der Waals surface area contributed by atoms with E-state index < -0.39 is 0 Å². The van der Waals surface area contributed by atoms with E-state index in [0.717, 1.165) is 5.56 Å². The van der Waals surface area contributed by atoms with Gasteiger partial charge in [0.1, 0.15) is 0 Å². The summed E-state index contributed by atoms with van der Waals surface area (Å²) in [6.45, 7) is 5.06. The summed E-state index contributed by atoms with van der Waals surface area (Å²) in [5, 5.41) is 0.691. The van der Waals surface area contributed by atoms with Crippen molar-refractivity contribution in [3.05, 3.63) is 34.9 Å². The van der Waals surface area contributed by atoms with Crippen molar-refractivity contribution in [3.63, 3.8) is 0 Å². The Morgan fingerprint density at radius 1 is 1.47 bits per heavy atom. The molecule has 0 fully saturated rings. The van der Waals surface area contributed by atoms with Gasteiger partial charge in [-0.05, 0) is 24.6 Å². The lowest BCUT2D eigenvalue weighted by Gasteiger charge is -2.23. The van der Waals surface area contributed by atoms with Gasteiger partial charge in [-0.3, -0.25) is 4.79 Å². The van der Waals surface area contributed by atoms with Gasteiger partial charge in [0.2, 0.25) is 5.91 Å². The van der Waals surface area contributed by atoms with E-state index in [1.807, 2.05) is 38.1 Å². The van der Waals surface area contributed by atoms with Crippen LogP contribution in [0.3, 0.4) is 0 Å². The highest BCUT2D eigenvalue weighted by molar-refractivity contribution is 6.30. The molecule has 0 bridgehead atoms. The molecule has 0 heterocycles. The highest BCUT2D eigenvalue weighted by Crippen LogP contribution is 2.14. The van der Waals surface area contributed by atoms with Gasteiger partial charge in [0.05, 0.1) is 0 Å². The van der Waals surface area contributed by atoms with Gasteiger partial charge < -0.3 is 4.90 Å². The van der Waals surface area contributed by atoms with Gasteiger partial charge in [0, 0.05) is 29.9 Å². The first kappa shape index (κ1) is 14.3. The Hall–Kier alpha value is -0.730. The zero-order valence-electron chi connectivity index (χ0n) is 10.1. The summed E-state index contributed by atoms with van der Waals surface area (Å²) in [6, 6.07) is 7.56. The van der Waals surface area contributed by atoms with E-state index in [-0.39, 0.29) is 11.8 Å². The maximum absolute atomic E-state index is 12.0. The van der Waals surface area contributed by atoms with Gasteiger partial charge in [0.15, 0.2) is 0 Å². The van der Waals surface area contributed by atoms with Crippen LogP contribution in [0.2, 0.25) is 5.02 Å². The summed E-state index contributed by atoms with van der Waals surface area (Å²) in [5.74, 6) is 0.295. The van der Waals surface area contributed by atoms with Crippen molar-refractivity contribution in [2.45, 2.75) is 20.4 Å². The van der Waals surface area contributed by atoms with Crippen LogP contribution in [-0.2, 0) is 11.3 Å². The van der Waals surface area contributed by atoms with Crippen molar-refractivity contribution >= 4 is 29.1 Å². The first-order valence-corrected chi connectivity index (χ1v) is 6.59. The van der Waals surface area contributed by atoms with E-state index in [1.54, 1.807) is 4.90 Å². The molecule has 17 heavy (non-hydrogen) atoms. The smallest absolute Gasteiger partial charge is 0.226 e. The molecule has 2 nitrogen and oxygen atoms in total. The standard InChI is InChI=1S/C13H17Cl2NO/c1-3-16(13(17)10(2)8-14)9-11-5-4-6-12(15)7-11/h4-7,10H,3,8-9H2,1-2H3. The number of hydrogen-bond acceptors (Lipinski definition) is 1. The summed E-state index contributed by atoms with van der Waals surface area (Å²) in [7, 11) is 0. The van der Waals surface area contributed by atoms with Crippen molar-refractivity contribution in [3.8, 4) is 0 Å². The maximum atomic E-state index is 12.0. The topological polar surface area (TPSA) is 20.3 Å². The number of carbonyl (C=O) groups excluding carboxylic acids is 1. The van der Waals surface area contributed by atoms with Gasteiger partial charge in [-0.25, -0.2) is 0 Å². The summed E-state index contributed by atoms with van der Waals surface area (Å²) in [4.78, 5) is 13.8. The lowest BCUT2D eigenvalue weighted by Crippen LogP contribution is -2.35. The Balaban J connectivity index is 2.73. The molecule has 0 N–H and O–H groups in total. The average molecular weight is 274 g/mol. The van der Waals surface area contributed by atoms with Gasteiger partial charge in [-0.15, -0.1) is 11.6 Å². The molecular weight excluding hydrogens is 257 g/mol. The Bertz CT molecular complexity index is 381. The molecule has 0 aliphatic rings. The Morgan fingerprint density at radius 3 is 2.71 bits per heavy atom. The molecule has 1 amide bonds. The Labute approximate surface area is 113 Å². The molecule has 1 aromatic carbocycles. The predicted octanol–water partition coefficient (Wildman–Crippen LogP) is 3.56. The van der Waals surface area contributed by atoms with E-state index in [9.17, 15) is 4.79 Å². The van der Waals surface area contributed by atoms with Crippen LogP contribution in [0.25, 0.3) is 0 Å². The van der Waals surface area contributed by atoms with Crippen LogP contribution < -0.4 is 0 Å². The molecule has 1 rings (SSSR count). The van der Waals surface area contributed by atoms with Crippen LogP contribution in [0.5, 0.6) is 0 Å². The van der Waals surface area contributed by atoms with Crippen LogP contribution in [-0.4, -0.2) is 23.2 Å². The fourth-order valence-corrected chi connectivity index (χ4v) is 1.92. The minimum Gasteiger partial charge on any atom is -0.338 e. The second kappa shape index (κ2) is 6.87. The van der Waals surface area contributed by atoms with E-state index in [0.29, 0.717) is 24.0 Å². The summed E-state index contributed by atoms with van der Waals surface area (Å²) in [5.41, 5.74) is 1.04. The first-order chi connectivity index (χ1) is 8.08. The van der Waals surface area contributed by atoms with Crippen LogP contribution in [0, 0.1) is 5.92 Å². The lowest BCUT2D eigenvalue weighted by atomic mass is 10.1. The number of hydrogen-bond donors (Lipinski definition) is 0. The summed E-state index contributed by atoms with van der Waals surface area (Å²) >= 11 is 11.6. The lowest BCUT2D eigenvalue weighted by molar-refractivity contribution is -0.134. The van der Waals surface area contributed by atoms with Gasteiger partial charge in [-0.1, -0.05) is 30.7 Å². The quantitative estimate of drug-likeness (QED) is 0.752. The third-order valence-electron chi connectivity index (χ3n) is 2.61. The molecular formula is C13H17Cl2NO. The molecule has 1 aromatic rings. The first-order valence-electron chi connectivity index (χ1n) is 5.67. The third-order valence-corrected chi connectivity index (χ3v) is 3.31. The maximum Gasteiger partial charge on any atom is 0.226 e. The number of benzene rings is 1. The second-order valence-electron chi connectivity index (χ2n) is 4.04. The number of amides is 1. The number of halogens is 2. The Morgan fingerprint density at radius 2 is 2.18 bits per heavy atom. The van der Waals surface area contributed by atoms with Crippen molar-refractivity contribution < 1.29 is 4.79 Å². The number of nitrogens with zero attached hydrogens (tertiary/aromatic N) is 1. The molecule has 0 saturated carbocycles. The fourth-order valence-electron chi connectivity index (χ4n) is 1.58. The van der Waals surface area contributed by atoms with Crippen LogP contribution in [0.4, 0.5) is 0 Å². The van der Waals surface area contributed by atoms with Crippen LogP contribution >= 0.6 is 23.2 Å². The second-order valence-corrected chi connectivity index (χ2v) is 4.78. The molecule has 0 spiro atoms. The molecule has 4 heteroatoms. The largest absolute Gasteiger partial charge is 0.338 e. The molecule has 0 aliphatic heterocycles. The molecule has 0 saturated heterocycles. The Kier molecular flexibility index (Phi) is 5.79. The number of carbonyl (C=O) groups is 1. The zero-order chi connectivity index (χ0) is 12.8. The van der Waals surface area contributed by atoms with E-state index in [4.69, 9.17) is 23.2 Å². The molecule has 0 radical (unpaired) electrons. The van der Waals surface area contributed by atoms with Crippen LogP contribution in [0.1, 0.15) is 19.4 Å². The molecule has 1 atom stereocenters. The van der Waals surface area contributed by atoms with E-state index in [1.165, 1.54) is 0 Å². The molecule has 94 valence electrons. The number of rotatable bonds is 5. The normalized spacial score (nSPS) is 12.2. The zero-order valence-corrected chi connectivity index (χ0v) is 11.6. The average Bonchev–Trinajstić information content (AvgIpc) is 2.34. The van der Waals surface area contributed by atoms with Gasteiger partial charge >= 0.3 is 0 Å². The minimum atomic E-state index is -0.143. The fraction of sp³-hybridized carbons (Fsp3) is 0.462. The van der Waals surface area contributed by atoms with Crippen molar-refractivity contribution in [2.75, 3.05) is 12.4 Å². The molecule has 1 unspecified atom stereocenters. The van der Waals surface area contributed by atoms with Crippen molar-refractivity contribution in [2.24, 2.45) is 5.92 Å². The van der Waals surface area contributed by atoms with Gasteiger partial charge in [-0.2, -0.15) is 0 Å². The van der Waals surface area contributed by atoms with Crippen molar-refractivity contribution in [1.29, 1.82) is 0 Å². The summed E-state index contributed by atoms with van der Waals surface area (Å²) in [6.07, 6.45) is 0. The molecule has 0 aliphatic carbocycles. The van der Waals surface area contributed by atoms with E-state index in [2.05, 4.69) is 0 Å². The van der Waals surface area contributed by atoms with Crippen molar-refractivity contribution in [1.82, 2.24) is 4.90 Å². The minimum absolute atomic E-state index is 0.0856. The predicted molar refractivity (Wildman–Crippen MR) is 72.4 cm³/mol. The third kappa shape index (κ3) is 4.21.